The van der Waals surface area contributed by atoms with Gasteiger partial charge in [-0.3, -0.25) is 0 Å². The lowest BCUT2D eigenvalue weighted by molar-refractivity contribution is 0.665. The molecule has 1 aliphatic carbocycles. The number of nitrogens with one attached hydrogen (secondary N) is 2. The molecule has 1 aromatic heterocycles. The standard InChI is InChI=1S/C11H12ClN3/c12-7-1-4-9-10(5-7)15-11(14-9)6-13-8-2-3-8/h1,4-5,8,13H,2-3,6H2,(H,14,15). The van der Waals surface area contributed by atoms with Crippen LogP contribution in [0.1, 0.15) is 18.7 Å². The fourth-order valence-corrected chi connectivity index (χ4v) is 1.82. The predicted molar refractivity (Wildman–Crippen MR) is 61.0 cm³/mol. The van der Waals surface area contributed by atoms with Gasteiger partial charge in [-0.05, 0) is 31.0 Å². The van der Waals surface area contributed by atoms with Crippen LogP contribution in [0.3, 0.4) is 0 Å². The number of fused-ring (bicyclic) bond motifs is 1. The fraction of sp³-hybridized carbons (Fsp3) is 0.364. The lowest BCUT2D eigenvalue weighted by atomic mass is 10.3. The van der Waals surface area contributed by atoms with E-state index in [1.165, 1.54) is 12.8 Å². The van der Waals surface area contributed by atoms with E-state index in [1.807, 2.05) is 18.2 Å². The van der Waals surface area contributed by atoms with Crippen LogP contribution >= 0.6 is 11.6 Å². The number of aromatic nitrogens is 2. The molecule has 0 aliphatic heterocycles. The highest BCUT2D eigenvalue weighted by Gasteiger charge is 2.20. The van der Waals surface area contributed by atoms with Crippen molar-refractivity contribution in [1.82, 2.24) is 15.3 Å². The van der Waals surface area contributed by atoms with Gasteiger partial charge in [0, 0.05) is 11.1 Å². The van der Waals surface area contributed by atoms with Gasteiger partial charge < -0.3 is 10.3 Å². The van der Waals surface area contributed by atoms with E-state index in [0.29, 0.717) is 6.04 Å². The summed E-state index contributed by atoms with van der Waals surface area (Å²) in [6.07, 6.45) is 2.60. The van der Waals surface area contributed by atoms with Gasteiger partial charge >= 0.3 is 0 Å². The van der Waals surface area contributed by atoms with Crippen molar-refractivity contribution in [3.05, 3.63) is 29.0 Å². The summed E-state index contributed by atoms with van der Waals surface area (Å²) in [7, 11) is 0. The van der Waals surface area contributed by atoms with E-state index in [-0.39, 0.29) is 0 Å². The minimum Gasteiger partial charge on any atom is -0.341 e. The van der Waals surface area contributed by atoms with Crippen molar-refractivity contribution in [1.29, 1.82) is 0 Å². The maximum Gasteiger partial charge on any atom is 0.121 e. The third kappa shape index (κ3) is 1.98. The van der Waals surface area contributed by atoms with Crippen LogP contribution in [0.5, 0.6) is 0 Å². The maximum absolute atomic E-state index is 5.90. The lowest BCUT2D eigenvalue weighted by Gasteiger charge is -1.96. The molecule has 3 nitrogen and oxygen atoms in total. The van der Waals surface area contributed by atoms with Gasteiger partial charge in [0.05, 0.1) is 17.6 Å². The Labute approximate surface area is 92.8 Å². The number of hydrogen-bond donors (Lipinski definition) is 2. The highest BCUT2D eigenvalue weighted by atomic mass is 35.5. The highest BCUT2D eigenvalue weighted by molar-refractivity contribution is 6.31. The summed E-state index contributed by atoms with van der Waals surface area (Å²) in [5.74, 6) is 0.985. The number of nitrogens with zero attached hydrogens (tertiary/aromatic N) is 1. The second-order valence-electron chi connectivity index (χ2n) is 4.00. The van der Waals surface area contributed by atoms with Crippen molar-refractivity contribution in [2.45, 2.75) is 25.4 Å². The number of imidazole rings is 1. The Balaban J connectivity index is 1.84. The van der Waals surface area contributed by atoms with Crippen molar-refractivity contribution >= 4 is 22.6 Å². The molecular weight excluding hydrogens is 210 g/mol. The number of H-pyrrole nitrogens is 1. The van der Waals surface area contributed by atoms with E-state index in [9.17, 15) is 0 Å². The van der Waals surface area contributed by atoms with Gasteiger partial charge in [0.1, 0.15) is 5.82 Å². The Kier molecular flexibility index (Phi) is 2.15. The second kappa shape index (κ2) is 3.51. The SMILES string of the molecule is Clc1ccc2nc(CNC3CC3)[nH]c2c1. The maximum atomic E-state index is 5.90. The molecule has 0 atom stereocenters. The number of benzene rings is 1. The molecule has 1 fully saturated rings. The zero-order valence-electron chi connectivity index (χ0n) is 8.26. The summed E-state index contributed by atoms with van der Waals surface area (Å²) in [5.41, 5.74) is 1.99. The van der Waals surface area contributed by atoms with Gasteiger partial charge in [-0.15, -0.1) is 0 Å². The Morgan fingerprint density at radius 3 is 3.13 bits per heavy atom. The first-order valence-electron chi connectivity index (χ1n) is 5.19. The van der Waals surface area contributed by atoms with Crippen LogP contribution in [0.15, 0.2) is 18.2 Å². The molecule has 0 spiro atoms. The van der Waals surface area contributed by atoms with Crippen LogP contribution < -0.4 is 5.32 Å². The summed E-state index contributed by atoms with van der Waals surface area (Å²) in [6, 6.07) is 6.42. The Hall–Kier alpha value is -1.06. The van der Waals surface area contributed by atoms with Crippen molar-refractivity contribution in [3.63, 3.8) is 0 Å². The number of rotatable bonds is 3. The zero-order valence-corrected chi connectivity index (χ0v) is 9.01. The number of hydrogen-bond acceptors (Lipinski definition) is 2. The summed E-state index contributed by atoms with van der Waals surface area (Å²) in [4.78, 5) is 7.74. The summed E-state index contributed by atoms with van der Waals surface area (Å²) in [5, 5.41) is 4.17. The second-order valence-corrected chi connectivity index (χ2v) is 4.44. The van der Waals surface area contributed by atoms with Crippen molar-refractivity contribution in [2.75, 3.05) is 0 Å². The topological polar surface area (TPSA) is 40.7 Å². The summed E-state index contributed by atoms with van der Waals surface area (Å²) in [6.45, 7) is 0.816. The highest BCUT2D eigenvalue weighted by Crippen LogP contribution is 2.20. The quantitative estimate of drug-likeness (QED) is 0.836. The van der Waals surface area contributed by atoms with Gasteiger partial charge in [0.2, 0.25) is 0 Å². The van der Waals surface area contributed by atoms with Gasteiger partial charge in [-0.2, -0.15) is 0 Å². The van der Waals surface area contributed by atoms with E-state index < -0.39 is 0 Å². The van der Waals surface area contributed by atoms with Crippen molar-refractivity contribution in [2.24, 2.45) is 0 Å². The summed E-state index contributed by atoms with van der Waals surface area (Å²) < 4.78 is 0. The molecule has 0 bridgehead atoms. The molecule has 4 heteroatoms. The molecule has 0 unspecified atom stereocenters. The molecule has 1 aromatic carbocycles. The minimum atomic E-state index is 0.710. The number of halogens is 1. The van der Waals surface area contributed by atoms with Gasteiger partial charge in [0.15, 0.2) is 0 Å². The van der Waals surface area contributed by atoms with Gasteiger partial charge in [-0.1, -0.05) is 11.6 Å². The molecule has 2 N–H and O–H groups in total. The average molecular weight is 222 g/mol. The monoisotopic (exact) mass is 221 g/mol. The Bertz CT molecular complexity index is 488. The first-order chi connectivity index (χ1) is 7.31. The molecule has 15 heavy (non-hydrogen) atoms. The average Bonchev–Trinajstić information content (AvgIpc) is 2.95. The third-order valence-corrected chi connectivity index (χ3v) is 2.86. The van der Waals surface area contributed by atoms with E-state index in [1.54, 1.807) is 0 Å². The van der Waals surface area contributed by atoms with Crippen molar-refractivity contribution < 1.29 is 0 Å². The lowest BCUT2D eigenvalue weighted by Crippen LogP contribution is -2.16. The van der Waals surface area contributed by atoms with Crippen LogP contribution in [0.25, 0.3) is 11.0 Å². The molecule has 2 aromatic rings. The number of aromatic amines is 1. The summed E-state index contributed by atoms with van der Waals surface area (Å²) >= 11 is 5.90. The molecule has 3 rings (SSSR count). The normalized spacial score (nSPS) is 16.1. The predicted octanol–water partition coefficient (Wildman–Crippen LogP) is 2.47. The van der Waals surface area contributed by atoms with Gasteiger partial charge in [0.25, 0.3) is 0 Å². The third-order valence-electron chi connectivity index (χ3n) is 2.63. The van der Waals surface area contributed by atoms with Crippen LogP contribution in [0.2, 0.25) is 5.02 Å². The molecule has 0 radical (unpaired) electrons. The van der Waals surface area contributed by atoms with Crippen LogP contribution in [-0.4, -0.2) is 16.0 Å². The first-order valence-corrected chi connectivity index (χ1v) is 5.56. The largest absolute Gasteiger partial charge is 0.341 e. The zero-order chi connectivity index (χ0) is 10.3. The van der Waals surface area contributed by atoms with E-state index in [4.69, 9.17) is 11.6 Å². The molecule has 0 saturated heterocycles. The fourth-order valence-electron chi connectivity index (χ4n) is 1.65. The smallest absolute Gasteiger partial charge is 0.121 e. The van der Waals surface area contributed by atoms with Crippen LogP contribution in [-0.2, 0) is 6.54 Å². The van der Waals surface area contributed by atoms with E-state index >= 15 is 0 Å². The van der Waals surface area contributed by atoms with E-state index in [2.05, 4.69) is 15.3 Å². The van der Waals surface area contributed by atoms with Gasteiger partial charge in [-0.25, -0.2) is 4.98 Å². The molecule has 1 saturated carbocycles. The molecule has 1 aliphatic rings. The van der Waals surface area contributed by atoms with Crippen molar-refractivity contribution in [3.8, 4) is 0 Å². The first kappa shape index (κ1) is 9.19. The minimum absolute atomic E-state index is 0.710. The van der Waals surface area contributed by atoms with Crippen LogP contribution in [0, 0.1) is 0 Å². The Morgan fingerprint density at radius 2 is 2.33 bits per heavy atom. The van der Waals surface area contributed by atoms with E-state index in [0.717, 1.165) is 28.4 Å². The molecule has 78 valence electrons. The molecule has 1 heterocycles. The Morgan fingerprint density at radius 1 is 1.47 bits per heavy atom. The molecular formula is C11H12ClN3. The molecule has 0 amide bonds. The van der Waals surface area contributed by atoms with Crippen LogP contribution in [0.4, 0.5) is 0 Å².